The Labute approximate surface area is 212 Å². The van der Waals surface area contributed by atoms with Gasteiger partial charge in [0.15, 0.2) is 0 Å². The number of thioether (sulfide) groups is 1. The Morgan fingerprint density at radius 2 is 1.66 bits per heavy atom. The van der Waals surface area contributed by atoms with Crippen molar-refractivity contribution in [3.05, 3.63) is 100 Å². The molecule has 0 saturated carbocycles. The van der Waals surface area contributed by atoms with Crippen LogP contribution in [-0.4, -0.2) is 33.5 Å². The molecule has 0 unspecified atom stereocenters. The number of rotatable bonds is 5. The number of hydrogen-bond acceptors (Lipinski definition) is 5. The topological polar surface area (TPSA) is 69.7 Å². The van der Waals surface area contributed by atoms with Crippen LogP contribution in [0.1, 0.15) is 16.7 Å². The lowest BCUT2D eigenvalue weighted by atomic mass is 10.1. The Balaban J connectivity index is 1.43. The number of para-hydroxylation sites is 1. The van der Waals surface area contributed by atoms with Crippen molar-refractivity contribution in [2.24, 2.45) is 0 Å². The zero-order chi connectivity index (χ0) is 24.5. The summed E-state index contributed by atoms with van der Waals surface area (Å²) in [6.07, 6.45) is 0. The smallest absolute Gasteiger partial charge is 0.267 e. The first kappa shape index (κ1) is 23.0. The molecule has 2 heterocycles. The van der Waals surface area contributed by atoms with Gasteiger partial charge < -0.3 is 5.32 Å². The van der Waals surface area contributed by atoms with Gasteiger partial charge in [0, 0.05) is 11.3 Å². The molecule has 3 aromatic carbocycles. The molecule has 174 valence electrons. The van der Waals surface area contributed by atoms with Crippen LogP contribution in [-0.2, 0) is 20.9 Å². The highest BCUT2D eigenvalue weighted by Crippen LogP contribution is 2.44. The average Bonchev–Trinajstić information content (AvgIpc) is 3.27. The molecule has 35 heavy (non-hydrogen) atoms. The van der Waals surface area contributed by atoms with Gasteiger partial charge in [-0.25, -0.2) is 0 Å². The Bertz CT molecular complexity index is 1400. The molecule has 1 saturated heterocycles. The van der Waals surface area contributed by atoms with Crippen LogP contribution in [0.3, 0.4) is 0 Å². The number of amides is 3. The number of carbonyl (C=O) groups excluding carboxylic acids is 3. The maximum atomic E-state index is 13.6. The van der Waals surface area contributed by atoms with Crippen LogP contribution >= 0.6 is 24.0 Å². The largest absolute Gasteiger partial charge is 0.325 e. The minimum Gasteiger partial charge on any atom is -0.325 e. The summed E-state index contributed by atoms with van der Waals surface area (Å²) in [7, 11) is 0. The maximum absolute atomic E-state index is 13.6. The molecule has 1 N–H and O–H groups in total. The maximum Gasteiger partial charge on any atom is 0.267 e. The Kier molecular flexibility index (Phi) is 6.23. The number of anilines is 2. The average molecular weight is 500 g/mol. The normalized spacial score (nSPS) is 17.2. The van der Waals surface area contributed by atoms with Crippen molar-refractivity contribution in [1.29, 1.82) is 0 Å². The van der Waals surface area contributed by atoms with Gasteiger partial charge in [0.1, 0.15) is 10.9 Å². The van der Waals surface area contributed by atoms with Gasteiger partial charge >= 0.3 is 0 Å². The van der Waals surface area contributed by atoms with Gasteiger partial charge in [-0.2, -0.15) is 0 Å². The van der Waals surface area contributed by atoms with Crippen LogP contribution in [0.25, 0.3) is 5.57 Å². The number of carbonyl (C=O) groups is 3. The van der Waals surface area contributed by atoms with Crippen molar-refractivity contribution < 1.29 is 14.4 Å². The van der Waals surface area contributed by atoms with Crippen LogP contribution in [0, 0.1) is 6.92 Å². The van der Waals surface area contributed by atoms with E-state index in [1.54, 1.807) is 24.3 Å². The minimum absolute atomic E-state index is 0.169. The van der Waals surface area contributed by atoms with E-state index in [9.17, 15) is 14.4 Å². The first-order chi connectivity index (χ1) is 16.9. The highest BCUT2D eigenvalue weighted by atomic mass is 32.2. The summed E-state index contributed by atoms with van der Waals surface area (Å²) in [4.78, 5) is 43.0. The zero-order valence-corrected chi connectivity index (χ0v) is 20.5. The van der Waals surface area contributed by atoms with Crippen LogP contribution < -0.4 is 10.2 Å². The van der Waals surface area contributed by atoms with Gasteiger partial charge in [0.2, 0.25) is 5.91 Å². The second-order valence-corrected chi connectivity index (χ2v) is 9.92. The molecule has 2 aliphatic heterocycles. The Hall–Kier alpha value is -3.75. The van der Waals surface area contributed by atoms with E-state index in [0.717, 1.165) is 22.9 Å². The number of fused-ring (bicyclic) bond motifs is 1. The molecular formula is C27H21N3O3S2. The van der Waals surface area contributed by atoms with E-state index in [1.807, 2.05) is 61.5 Å². The molecule has 2 aliphatic rings. The lowest BCUT2D eigenvalue weighted by Gasteiger charge is -2.17. The van der Waals surface area contributed by atoms with E-state index >= 15 is 0 Å². The van der Waals surface area contributed by atoms with E-state index < -0.39 is 0 Å². The number of benzene rings is 3. The molecule has 0 bridgehead atoms. The fraction of sp³-hybridized carbons (Fsp3) is 0.111. The molecule has 6 nitrogen and oxygen atoms in total. The van der Waals surface area contributed by atoms with Gasteiger partial charge in [0.25, 0.3) is 11.8 Å². The SMILES string of the molecule is Cc1cccc(NC(=O)CN2C(=O)C(=C3SC(=S)N(Cc4ccccc4)C3=O)c3ccccc32)c1. The van der Waals surface area contributed by atoms with Crippen molar-refractivity contribution in [3.63, 3.8) is 0 Å². The Morgan fingerprint density at radius 1 is 0.914 bits per heavy atom. The lowest BCUT2D eigenvalue weighted by Crippen LogP contribution is -2.35. The van der Waals surface area contributed by atoms with Crippen molar-refractivity contribution >= 4 is 63.0 Å². The van der Waals surface area contributed by atoms with Crippen LogP contribution in [0.5, 0.6) is 0 Å². The molecule has 1 fully saturated rings. The third-order valence-corrected chi connectivity index (χ3v) is 7.23. The molecule has 0 spiro atoms. The molecule has 0 aliphatic carbocycles. The number of hydrogen-bond donors (Lipinski definition) is 1. The fourth-order valence-corrected chi connectivity index (χ4v) is 5.50. The molecule has 0 radical (unpaired) electrons. The van der Waals surface area contributed by atoms with Crippen molar-refractivity contribution in [2.45, 2.75) is 13.5 Å². The van der Waals surface area contributed by atoms with E-state index in [4.69, 9.17) is 12.2 Å². The fourth-order valence-electron chi connectivity index (χ4n) is 4.18. The highest BCUT2D eigenvalue weighted by Gasteiger charge is 2.42. The summed E-state index contributed by atoms with van der Waals surface area (Å²) >= 11 is 6.62. The summed E-state index contributed by atoms with van der Waals surface area (Å²) in [5, 5.41) is 2.85. The summed E-state index contributed by atoms with van der Waals surface area (Å²) in [6, 6.07) is 24.2. The zero-order valence-electron chi connectivity index (χ0n) is 18.9. The van der Waals surface area contributed by atoms with Crippen LogP contribution in [0.15, 0.2) is 83.8 Å². The highest BCUT2D eigenvalue weighted by molar-refractivity contribution is 8.26. The standard InChI is InChI=1S/C27H21N3O3S2/c1-17-8-7-11-19(14-17)28-22(31)16-29-21-13-6-5-12-20(21)23(25(29)32)24-26(33)30(27(34)35-24)15-18-9-3-2-4-10-18/h2-14H,15-16H2,1H3,(H,28,31). The van der Waals surface area contributed by atoms with Gasteiger partial charge in [-0.15, -0.1) is 0 Å². The van der Waals surface area contributed by atoms with Crippen molar-refractivity contribution in [3.8, 4) is 0 Å². The third kappa shape index (κ3) is 4.50. The molecule has 0 atom stereocenters. The number of aryl methyl sites for hydroxylation is 1. The molecule has 3 amide bonds. The monoisotopic (exact) mass is 499 g/mol. The molecule has 8 heteroatoms. The van der Waals surface area contributed by atoms with E-state index in [2.05, 4.69) is 5.32 Å². The van der Waals surface area contributed by atoms with Gasteiger partial charge in [-0.1, -0.05) is 84.6 Å². The first-order valence-corrected chi connectivity index (χ1v) is 12.2. The van der Waals surface area contributed by atoms with E-state index in [-0.39, 0.29) is 29.8 Å². The van der Waals surface area contributed by atoms with Crippen molar-refractivity contribution in [2.75, 3.05) is 16.8 Å². The van der Waals surface area contributed by atoms with Crippen LogP contribution in [0.2, 0.25) is 0 Å². The second-order valence-electron chi connectivity index (χ2n) is 8.28. The summed E-state index contributed by atoms with van der Waals surface area (Å²) in [5.74, 6) is -1.00. The quantitative estimate of drug-likeness (QED) is 0.405. The van der Waals surface area contributed by atoms with Gasteiger partial charge in [-0.05, 0) is 36.2 Å². The predicted molar refractivity (Wildman–Crippen MR) is 143 cm³/mol. The molecule has 3 aromatic rings. The van der Waals surface area contributed by atoms with Crippen molar-refractivity contribution in [1.82, 2.24) is 4.90 Å². The first-order valence-electron chi connectivity index (χ1n) is 11.0. The summed E-state index contributed by atoms with van der Waals surface area (Å²) in [5.41, 5.74) is 4.14. The second kappa shape index (κ2) is 9.48. The van der Waals surface area contributed by atoms with Gasteiger partial charge in [0.05, 0.1) is 22.7 Å². The minimum atomic E-state index is -0.384. The summed E-state index contributed by atoms with van der Waals surface area (Å²) in [6.45, 7) is 2.11. The number of thiocarbonyl (C=S) groups is 1. The molecule has 5 rings (SSSR count). The number of nitrogens with one attached hydrogen (secondary N) is 1. The number of nitrogens with zero attached hydrogens (tertiary/aromatic N) is 2. The Morgan fingerprint density at radius 3 is 2.43 bits per heavy atom. The predicted octanol–water partition coefficient (Wildman–Crippen LogP) is 4.75. The van der Waals surface area contributed by atoms with Gasteiger partial charge in [-0.3, -0.25) is 24.2 Å². The van der Waals surface area contributed by atoms with E-state index in [1.165, 1.54) is 9.80 Å². The van der Waals surface area contributed by atoms with Crippen LogP contribution in [0.4, 0.5) is 11.4 Å². The molecular weight excluding hydrogens is 478 g/mol. The van der Waals surface area contributed by atoms with E-state index in [0.29, 0.717) is 32.7 Å². The summed E-state index contributed by atoms with van der Waals surface area (Å²) < 4.78 is 0.405. The third-order valence-electron chi connectivity index (χ3n) is 5.79. The molecule has 0 aromatic heterocycles. The lowest BCUT2D eigenvalue weighted by molar-refractivity contribution is -0.122.